The molecule has 0 N–H and O–H groups in total. The summed E-state index contributed by atoms with van der Waals surface area (Å²) in [5, 5.41) is 10.6. The Kier molecular flexibility index (Phi) is 6.27. The number of hydrogen-bond acceptors (Lipinski definition) is 3. The number of nitro groups is 1. The van der Waals surface area contributed by atoms with E-state index >= 15 is 0 Å². The van der Waals surface area contributed by atoms with Gasteiger partial charge in [0, 0.05) is 4.92 Å². The van der Waals surface area contributed by atoms with Crippen LogP contribution in [-0.4, -0.2) is 16.1 Å². The van der Waals surface area contributed by atoms with E-state index in [1.807, 2.05) is 26.0 Å². The Morgan fingerprint density at radius 3 is 2.35 bits per heavy atom. The van der Waals surface area contributed by atoms with Crippen LogP contribution in [0.5, 0.6) is 0 Å². The summed E-state index contributed by atoms with van der Waals surface area (Å²) in [7, 11) is 0. The third-order valence-corrected chi connectivity index (χ3v) is 3.71. The fourth-order valence-electron chi connectivity index (χ4n) is 1.46. The fourth-order valence-corrected chi connectivity index (χ4v) is 2.02. The SMILES string of the molecule is Cc1ccc(N=C(C(Cl)=C(Cl)Cl)C(Cl)[N+](=O)[O-])c(C)c1. The van der Waals surface area contributed by atoms with Crippen molar-refractivity contribution in [2.24, 2.45) is 4.99 Å². The van der Waals surface area contributed by atoms with E-state index < -0.39 is 10.4 Å². The highest BCUT2D eigenvalue weighted by Gasteiger charge is 2.28. The quantitative estimate of drug-likeness (QED) is 0.248. The lowest BCUT2D eigenvalue weighted by molar-refractivity contribution is -0.479. The van der Waals surface area contributed by atoms with E-state index in [1.54, 1.807) is 6.07 Å². The highest BCUT2D eigenvalue weighted by Crippen LogP contribution is 2.27. The van der Waals surface area contributed by atoms with Gasteiger partial charge in [0.25, 0.3) is 0 Å². The number of nitrogens with zero attached hydrogens (tertiary/aromatic N) is 2. The predicted octanol–water partition coefficient (Wildman–Crippen LogP) is 5.10. The largest absolute Gasteiger partial charge is 0.329 e. The molecule has 1 aromatic carbocycles. The molecule has 20 heavy (non-hydrogen) atoms. The highest BCUT2D eigenvalue weighted by atomic mass is 35.5. The van der Waals surface area contributed by atoms with Gasteiger partial charge in [-0.15, -0.1) is 0 Å². The fraction of sp³-hybridized carbons (Fsp3) is 0.250. The summed E-state index contributed by atoms with van der Waals surface area (Å²) in [5.41, 5.74) is 0.522. The van der Waals surface area contributed by atoms with Gasteiger partial charge in [-0.05, 0) is 37.1 Å². The van der Waals surface area contributed by atoms with Crippen molar-refractivity contribution in [2.75, 3.05) is 0 Å². The first-order valence-corrected chi connectivity index (χ1v) is 6.95. The minimum absolute atomic E-state index is 0.203. The smallest absolute Gasteiger partial charge is 0.263 e. The molecule has 0 amide bonds. The number of aliphatic imine (C=N–C) groups is 1. The topological polar surface area (TPSA) is 55.5 Å². The van der Waals surface area contributed by atoms with E-state index in [-0.39, 0.29) is 15.2 Å². The molecule has 0 saturated carbocycles. The minimum atomic E-state index is -1.64. The summed E-state index contributed by atoms with van der Waals surface area (Å²) in [4.78, 5) is 14.2. The van der Waals surface area contributed by atoms with Crippen LogP contribution in [0.15, 0.2) is 32.7 Å². The number of halogens is 4. The van der Waals surface area contributed by atoms with Crippen LogP contribution in [0.3, 0.4) is 0 Å². The molecule has 0 aliphatic heterocycles. The molecule has 0 aromatic heterocycles. The van der Waals surface area contributed by atoms with Crippen LogP contribution in [0, 0.1) is 24.0 Å². The molecule has 0 radical (unpaired) electrons. The van der Waals surface area contributed by atoms with Crippen molar-refractivity contribution in [3.63, 3.8) is 0 Å². The third-order valence-electron chi connectivity index (χ3n) is 2.39. The van der Waals surface area contributed by atoms with Crippen molar-refractivity contribution in [1.82, 2.24) is 0 Å². The van der Waals surface area contributed by atoms with E-state index in [0.717, 1.165) is 11.1 Å². The summed E-state index contributed by atoms with van der Waals surface area (Å²) in [6, 6.07) is 5.41. The Hall–Kier alpha value is -0.810. The average Bonchev–Trinajstić information content (AvgIpc) is 2.36. The Bertz CT molecular complexity index is 595. The van der Waals surface area contributed by atoms with Gasteiger partial charge in [-0.1, -0.05) is 52.5 Å². The van der Waals surface area contributed by atoms with Gasteiger partial charge >= 0.3 is 5.50 Å². The molecule has 1 rings (SSSR count). The number of alkyl halides is 1. The van der Waals surface area contributed by atoms with Crippen LogP contribution >= 0.6 is 46.4 Å². The number of aryl methyl sites for hydroxylation is 2. The maximum absolute atomic E-state index is 10.8. The molecule has 4 nitrogen and oxygen atoms in total. The molecule has 0 spiro atoms. The maximum Gasteiger partial charge on any atom is 0.329 e. The lowest BCUT2D eigenvalue weighted by Crippen LogP contribution is -2.24. The van der Waals surface area contributed by atoms with Crippen LogP contribution in [0.4, 0.5) is 5.69 Å². The Balaban J connectivity index is 3.40. The van der Waals surface area contributed by atoms with Crippen molar-refractivity contribution < 1.29 is 4.92 Å². The molecule has 0 fully saturated rings. The monoisotopic (exact) mass is 354 g/mol. The second-order valence-electron chi connectivity index (χ2n) is 3.98. The van der Waals surface area contributed by atoms with Crippen molar-refractivity contribution in [1.29, 1.82) is 0 Å². The van der Waals surface area contributed by atoms with E-state index in [1.165, 1.54) is 0 Å². The van der Waals surface area contributed by atoms with Crippen LogP contribution in [-0.2, 0) is 0 Å². The Morgan fingerprint density at radius 1 is 1.30 bits per heavy atom. The van der Waals surface area contributed by atoms with Crippen molar-refractivity contribution in [3.8, 4) is 0 Å². The molecular weight excluding hydrogens is 346 g/mol. The minimum Gasteiger partial charge on any atom is -0.263 e. The number of rotatable bonds is 4. The molecule has 1 atom stereocenters. The molecule has 108 valence electrons. The van der Waals surface area contributed by atoms with Crippen molar-refractivity contribution in [2.45, 2.75) is 19.3 Å². The van der Waals surface area contributed by atoms with E-state index in [0.29, 0.717) is 5.69 Å². The summed E-state index contributed by atoms with van der Waals surface area (Å²) < 4.78 is -0.331. The van der Waals surface area contributed by atoms with Gasteiger partial charge in [0.15, 0.2) is 5.71 Å². The molecule has 8 heteroatoms. The predicted molar refractivity (Wildman–Crippen MR) is 84.2 cm³/mol. The first kappa shape index (κ1) is 17.2. The van der Waals surface area contributed by atoms with E-state index in [9.17, 15) is 10.1 Å². The van der Waals surface area contributed by atoms with Gasteiger partial charge in [0.1, 0.15) is 9.52 Å². The van der Waals surface area contributed by atoms with Crippen LogP contribution in [0.2, 0.25) is 0 Å². The molecule has 0 aliphatic carbocycles. The van der Waals surface area contributed by atoms with Gasteiger partial charge < -0.3 is 0 Å². The first-order chi connectivity index (χ1) is 9.23. The molecule has 0 bridgehead atoms. The molecular formula is C12H10Cl4N2O2. The van der Waals surface area contributed by atoms with Crippen LogP contribution < -0.4 is 0 Å². The van der Waals surface area contributed by atoms with Gasteiger partial charge in [0.2, 0.25) is 0 Å². The summed E-state index contributed by atoms with van der Waals surface area (Å²) in [6.07, 6.45) is 0. The normalized spacial score (nSPS) is 13.0. The van der Waals surface area contributed by atoms with Crippen molar-refractivity contribution in [3.05, 3.63) is 49.0 Å². The zero-order valence-electron chi connectivity index (χ0n) is 10.5. The number of hydrogen-bond donors (Lipinski definition) is 0. The molecule has 0 aliphatic rings. The summed E-state index contributed by atoms with van der Waals surface area (Å²) in [6.45, 7) is 3.74. The molecule has 1 unspecified atom stereocenters. The first-order valence-electron chi connectivity index (χ1n) is 5.38. The summed E-state index contributed by atoms with van der Waals surface area (Å²) >= 11 is 22.6. The average molecular weight is 356 g/mol. The molecule has 0 heterocycles. The Labute approximate surface area is 136 Å². The van der Waals surface area contributed by atoms with Crippen LogP contribution in [0.25, 0.3) is 0 Å². The molecule has 0 saturated heterocycles. The number of benzene rings is 1. The van der Waals surface area contributed by atoms with Gasteiger partial charge in [0.05, 0.1) is 5.69 Å². The Morgan fingerprint density at radius 2 is 1.90 bits per heavy atom. The second kappa shape index (κ2) is 7.27. The van der Waals surface area contributed by atoms with Gasteiger partial charge in [-0.3, -0.25) is 10.1 Å². The van der Waals surface area contributed by atoms with Crippen molar-refractivity contribution >= 4 is 57.8 Å². The summed E-state index contributed by atoms with van der Waals surface area (Å²) in [5.74, 6) is 0. The second-order valence-corrected chi connectivity index (χ2v) is 5.72. The van der Waals surface area contributed by atoms with E-state index in [2.05, 4.69) is 4.99 Å². The highest BCUT2D eigenvalue weighted by molar-refractivity contribution is 6.64. The standard InChI is InChI=1S/C12H10Cl4N2O2/c1-6-3-4-8(7(2)5-6)17-10(9(13)11(14)15)12(16)18(19)20/h3-5,12H,1-2H3. The zero-order chi connectivity index (χ0) is 15.4. The third kappa shape index (κ3) is 4.35. The van der Waals surface area contributed by atoms with E-state index in [4.69, 9.17) is 46.4 Å². The van der Waals surface area contributed by atoms with Gasteiger partial charge in [-0.2, -0.15) is 0 Å². The lowest BCUT2D eigenvalue weighted by Gasteiger charge is -2.08. The molecule has 1 aromatic rings. The lowest BCUT2D eigenvalue weighted by atomic mass is 10.1. The van der Waals surface area contributed by atoms with Crippen LogP contribution in [0.1, 0.15) is 11.1 Å². The maximum atomic E-state index is 10.8. The van der Waals surface area contributed by atoms with Gasteiger partial charge in [-0.25, -0.2) is 4.99 Å². The zero-order valence-corrected chi connectivity index (χ0v) is 13.6.